The average Bonchev–Trinajstić information content (AvgIpc) is 2.54. The van der Waals surface area contributed by atoms with Gasteiger partial charge in [0.25, 0.3) is 0 Å². The van der Waals surface area contributed by atoms with Crippen LogP contribution >= 0.6 is 12.2 Å². The van der Waals surface area contributed by atoms with E-state index in [4.69, 9.17) is 12.2 Å². The second kappa shape index (κ2) is 8.34. The monoisotopic (exact) mass is 340 g/mol. The molecule has 0 saturated heterocycles. The Morgan fingerprint density at radius 3 is 1.32 bits per heavy atom. The molecule has 9 heteroatoms. The average molecular weight is 340 g/mol. The Kier molecular flexibility index (Phi) is 8.14. The second-order valence-electron chi connectivity index (χ2n) is 6.27. The van der Waals surface area contributed by atoms with Gasteiger partial charge in [-0.05, 0) is 33.0 Å². The lowest BCUT2D eigenvalue weighted by atomic mass is 9.92. The van der Waals surface area contributed by atoms with E-state index in [0.29, 0.717) is 0 Å². The molecule has 7 N–H and O–H groups in total. The molecule has 0 aliphatic carbocycles. The molecule has 0 spiro atoms. The van der Waals surface area contributed by atoms with Gasteiger partial charge in [0, 0.05) is 0 Å². The van der Waals surface area contributed by atoms with Gasteiger partial charge in [0.2, 0.25) is 0 Å². The van der Waals surface area contributed by atoms with Gasteiger partial charge in [0.05, 0.1) is 56.3 Å². The number of aliphatic hydroxyl groups is 6. The number of nitrogens with zero attached hydrogens (tertiary/aromatic N) is 1. The first-order valence-electron chi connectivity index (χ1n) is 6.89. The zero-order chi connectivity index (χ0) is 17.6. The Hall–Kier alpha value is -0.550. The van der Waals surface area contributed by atoms with Crippen molar-refractivity contribution in [2.24, 2.45) is 0 Å². The van der Waals surface area contributed by atoms with Gasteiger partial charge in [0.15, 0.2) is 5.11 Å². The molecule has 8 nitrogen and oxygen atoms in total. The van der Waals surface area contributed by atoms with E-state index in [1.807, 2.05) is 0 Å². The second-order valence-corrected chi connectivity index (χ2v) is 6.66. The summed E-state index contributed by atoms with van der Waals surface area (Å²) < 4.78 is 0. The third kappa shape index (κ3) is 4.48. The predicted octanol–water partition coefficient (Wildman–Crippen LogP) is -2.61. The molecule has 22 heavy (non-hydrogen) atoms. The summed E-state index contributed by atoms with van der Waals surface area (Å²) in [6.07, 6.45) is 0. The Balaban J connectivity index is 5.74. The van der Waals surface area contributed by atoms with Gasteiger partial charge >= 0.3 is 0 Å². The van der Waals surface area contributed by atoms with E-state index < -0.39 is 56.3 Å². The summed E-state index contributed by atoms with van der Waals surface area (Å²) in [5.41, 5.74) is -3.67. The van der Waals surface area contributed by atoms with E-state index in [-0.39, 0.29) is 5.11 Å². The lowest BCUT2D eigenvalue weighted by Gasteiger charge is -2.51. The topological polar surface area (TPSA) is 137 Å². The number of nitrogens with one attached hydrogen (secondary N) is 1. The van der Waals surface area contributed by atoms with Gasteiger partial charge in [0.1, 0.15) is 0 Å². The van der Waals surface area contributed by atoms with E-state index >= 15 is 0 Å². The summed E-state index contributed by atoms with van der Waals surface area (Å²) in [5.74, 6) is 0. The molecule has 0 aliphatic rings. The Morgan fingerprint density at radius 2 is 1.09 bits per heavy atom. The van der Waals surface area contributed by atoms with Gasteiger partial charge in [-0.2, -0.15) is 0 Å². The molecule has 0 radical (unpaired) electrons. The van der Waals surface area contributed by atoms with Crippen LogP contribution in [-0.4, -0.2) is 96.9 Å². The predicted molar refractivity (Wildman–Crippen MR) is 85.3 cm³/mol. The van der Waals surface area contributed by atoms with Gasteiger partial charge in [-0.25, -0.2) is 0 Å². The maximum absolute atomic E-state index is 9.62. The van der Waals surface area contributed by atoms with Crippen molar-refractivity contribution in [2.45, 2.75) is 37.4 Å². The van der Waals surface area contributed by atoms with Crippen LogP contribution in [0.4, 0.5) is 0 Å². The number of hydrogen-bond donors (Lipinski definition) is 7. The first-order chi connectivity index (χ1) is 10.1. The first kappa shape index (κ1) is 21.4. The highest BCUT2D eigenvalue weighted by molar-refractivity contribution is 7.80. The fourth-order valence-corrected chi connectivity index (χ4v) is 2.66. The van der Waals surface area contributed by atoms with E-state index in [1.165, 1.54) is 25.7 Å². The molecular formula is C13H28N2O6S. The molecule has 0 heterocycles. The van der Waals surface area contributed by atoms with Crippen LogP contribution < -0.4 is 5.32 Å². The molecule has 0 amide bonds. The Labute approximate surface area is 136 Å². The smallest absolute Gasteiger partial charge is 0.170 e. The van der Waals surface area contributed by atoms with Crippen molar-refractivity contribution >= 4 is 17.3 Å². The molecule has 0 unspecified atom stereocenters. The molecule has 0 rings (SSSR count). The van der Waals surface area contributed by atoms with Crippen LogP contribution in [0.5, 0.6) is 0 Å². The molecule has 0 atom stereocenters. The van der Waals surface area contributed by atoms with Crippen LogP contribution in [0.25, 0.3) is 0 Å². The lowest BCUT2D eigenvalue weighted by molar-refractivity contribution is -0.0558. The minimum Gasteiger partial charge on any atom is -0.394 e. The molecule has 0 aromatic heterocycles. The van der Waals surface area contributed by atoms with Gasteiger partial charge < -0.3 is 40.9 Å². The quantitative estimate of drug-likeness (QED) is 0.225. The fraction of sp³-hybridized carbons (Fsp3) is 0.923. The van der Waals surface area contributed by atoms with E-state index in [2.05, 4.69) is 5.32 Å². The number of aliphatic hydroxyl groups excluding tert-OH is 6. The number of thiocarbonyl (C=S) groups is 1. The van der Waals surface area contributed by atoms with Crippen LogP contribution in [-0.2, 0) is 0 Å². The summed E-state index contributed by atoms with van der Waals surface area (Å²) in [6, 6.07) is 0. The van der Waals surface area contributed by atoms with Crippen LogP contribution in [0.2, 0.25) is 0 Å². The molecule has 0 saturated carbocycles. The molecule has 132 valence electrons. The number of hydrogen-bond acceptors (Lipinski definition) is 7. The molecule has 0 aromatic carbocycles. The third-order valence-electron chi connectivity index (χ3n) is 3.75. The van der Waals surface area contributed by atoms with Crippen molar-refractivity contribution in [3.8, 4) is 0 Å². The normalized spacial score (nSPS) is 13.1. The van der Waals surface area contributed by atoms with Crippen LogP contribution in [0.15, 0.2) is 0 Å². The maximum Gasteiger partial charge on any atom is 0.170 e. The minimum absolute atomic E-state index is 0.0261. The zero-order valence-corrected chi connectivity index (χ0v) is 14.1. The minimum atomic E-state index is -1.27. The van der Waals surface area contributed by atoms with Crippen LogP contribution in [0, 0.1) is 0 Å². The van der Waals surface area contributed by atoms with Crippen molar-refractivity contribution < 1.29 is 30.6 Å². The summed E-state index contributed by atoms with van der Waals surface area (Å²) in [7, 11) is 0. The standard InChI is InChI=1S/C13H28N2O6S/c1-11(4-16,5-17)14-10(22)15(12(2,6-18)7-19)13(3,8-20)9-21/h16-21H,4-9H2,1-3H3,(H,14,22). The van der Waals surface area contributed by atoms with E-state index in [0.717, 1.165) is 0 Å². The third-order valence-corrected chi connectivity index (χ3v) is 4.04. The van der Waals surface area contributed by atoms with Crippen molar-refractivity contribution in [3.63, 3.8) is 0 Å². The maximum atomic E-state index is 9.62. The molecular weight excluding hydrogens is 312 g/mol. The molecule has 0 aromatic rings. The summed E-state index contributed by atoms with van der Waals surface area (Å²) >= 11 is 5.27. The molecule has 0 bridgehead atoms. The van der Waals surface area contributed by atoms with Crippen LogP contribution in [0.1, 0.15) is 20.8 Å². The number of rotatable bonds is 9. The van der Waals surface area contributed by atoms with Gasteiger partial charge in [-0.3, -0.25) is 0 Å². The SMILES string of the molecule is CC(CO)(CO)NC(=S)N(C(C)(CO)CO)C(C)(CO)CO. The van der Waals surface area contributed by atoms with Crippen molar-refractivity contribution in [3.05, 3.63) is 0 Å². The van der Waals surface area contributed by atoms with Crippen LogP contribution in [0.3, 0.4) is 0 Å². The van der Waals surface area contributed by atoms with E-state index in [1.54, 1.807) is 0 Å². The summed E-state index contributed by atoms with van der Waals surface area (Å²) in [4.78, 5) is 1.30. The van der Waals surface area contributed by atoms with Gasteiger partial charge in [-0.15, -0.1) is 0 Å². The van der Waals surface area contributed by atoms with Gasteiger partial charge in [-0.1, -0.05) is 0 Å². The van der Waals surface area contributed by atoms with Crippen molar-refractivity contribution in [2.75, 3.05) is 39.6 Å². The Bertz CT molecular complexity index is 338. The highest BCUT2D eigenvalue weighted by Gasteiger charge is 2.45. The zero-order valence-electron chi connectivity index (χ0n) is 13.3. The highest BCUT2D eigenvalue weighted by atomic mass is 32.1. The summed E-state index contributed by atoms with van der Waals surface area (Å²) in [5, 5.41) is 59.9. The largest absolute Gasteiger partial charge is 0.394 e. The fourth-order valence-electron chi connectivity index (χ4n) is 1.97. The molecule has 0 fully saturated rings. The summed E-state index contributed by atoms with van der Waals surface area (Å²) in [6.45, 7) is 1.77. The molecule has 0 aliphatic heterocycles. The van der Waals surface area contributed by atoms with Crippen molar-refractivity contribution in [1.82, 2.24) is 10.2 Å². The Morgan fingerprint density at radius 1 is 0.773 bits per heavy atom. The van der Waals surface area contributed by atoms with Crippen molar-refractivity contribution in [1.29, 1.82) is 0 Å². The highest BCUT2D eigenvalue weighted by Crippen LogP contribution is 2.26. The van der Waals surface area contributed by atoms with E-state index in [9.17, 15) is 30.6 Å². The lowest BCUT2D eigenvalue weighted by Crippen LogP contribution is -2.70. The first-order valence-corrected chi connectivity index (χ1v) is 7.30.